The van der Waals surface area contributed by atoms with Crippen LogP contribution in [0.25, 0.3) is 0 Å². The van der Waals surface area contributed by atoms with Crippen LogP contribution in [0.5, 0.6) is 0 Å². The first-order valence-corrected chi connectivity index (χ1v) is 8.18. The smallest absolute Gasteiger partial charge is 0.129 e. The van der Waals surface area contributed by atoms with Crippen molar-refractivity contribution < 1.29 is 0 Å². The summed E-state index contributed by atoms with van der Waals surface area (Å²) in [6.07, 6.45) is 1.88. The van der Waals surface area contributed by atoms with Crippen LogP contribution >= 0.6 is 11.6 Å². The molecule has 0 spiro atoms. The summed E-state index contributed by atoms with van der Waals surface area (Å²) in [6, 6.07) is 12.6. The number of aromatic nitrogens is 1. The van der Waals surface area contributed by atoms with Gasteiger partial charge >= 0.3 is 0 Å². The van der Waals surface area contributed by atoms with E-state index in [0.717, 1.165) is 39.3 Å². The Kier molecular flexibility index (Phi) is 5.08. The highest BCUT2D eigenvalue weighted by atomic mass is 35.5. The first kappa shape index (κ1) is 15.5. The van der Waals surface area contributed by atoms with E-state index < -0.39 is 0 Å². The second kappa shape index (κ2) is 7.23. The van der Waals surface area contributed by atoms with E-state index in [-0.39, 0.29) is 0 Å². The van der Waals surface area contributed by atoms with Crippen LogP contribution in [0.4, 0.5) is 0 Å². The summed E-state index contributed by atoms with van der Waals surface area (Å²) in [6.45, 7) is 8.66. The molecule has 1 saturated heterocycles. The van der Waals surface area contributed by atoms with Gasteiger partial charge in [-0.3, -0.25) is 9.80 Å². The molecule has 0 N–H and O–H groups in total. The molecule has 0 radical (unpaired) electrons. The van der Waals surface area contributed by atoms with Crippen LogP contribution in [0.1, 0.15) is 16.7 Å². The molecule has 0 saturated carbocycles. The lowest BCUT2D eigenvalue weighted by Gasteiger charge is -2.35. The molecule has 1 aromatic carbocycles. The monoisotopic (exact) mass is 315 g/mol. The van der Waals surface area contributed by atoms with Crippen molar-refractivity contribution >= 4 is 11.6 Å². The summed E-state index contributed by atoms with van der Waals surface area (Å²) in [5, 5.41) is 0.562. The molecule has 116 valence electrons. The topological polar surface area (TPSA) is 19.4 Å². The molecule has 1 aliphatic heterocycles. The van der Waals surface area contributed by atoms with E-state index in [0.29, 0.717) is 5.15 Å². The number of aryl methyl sites for hydroxylation is 1. The van der Waals surface area contributed by atoms with Crippen LogP contribution < -0.4 is 0 Å². The summed E-state index contributed by atoms with van der Waals surface area (Å²) < 4.78 is 0. The van der Waals surface area contributed by atoms with Gasteiger partial charge in [0.2, 0.25) is 0 Å². The Bertz CT molecular complexity index is 604. The number of halogens is 1. The summed E-state index contributed by atoms with van der Waals surface area (Å²) in [5.74, 6) is 0. The molecule has 0 aliphatic carbocycles. The molecule has 0 atom stereocenters. The lowest BCUT2D eigenvalue weighted by molar-refractivity contribution is 0.122. The van der Waals surface area contributed by atoms with Crippen molar-refractivity contribution in [3.63, 3.8) is 0 Å². The normalized spacial score (nSPS) is 16.8. The number of hydrogen-bond acceptors (Lipinski definition) is 3. The molecule has 1 fully saturated rings. The highest BCUT2D eigenvalue weighted by Gasteiger charge is 2.17. The van der Waals surface area contributed by atoms with Crippen LogP contribution in [-0.4, -0.2) is 41.0 Å². The van der Waals surface area contributed by atoms with Gasteiger partial charge in [-0.15, -0.1) is 0 Å². The van der Waals surface area contributed by atoms with Crippen molar-refractivity contribution in [1.82, 2.24) is 14.8 Å². The van der Waals surface area contributed by atoms with Gasteiger partial charge in [0, 0.05) is 45.5 Å². The van der Waals surface area contributed by atoms with Crippen molar-refractivity contribution in [2.45, 2.75) is 20.0 Å². The Labute approximate surface area is 137 Å². The van der Waals surface area contributed by atoms with Gasteiger partial charge in [0.05, 0.1) is 0 Å². The van der Waals surface area contributed by atoms with Gasteiger partial charge in [-0.2, -0.15) is 0 Å². The SMILES string of the molecule is Cc1ccccc1CN1CCN(Cc2ccc(Cl)nc2)CC1. The third-order valence-electron chi connectivity index (χ3n) is 4.31. The van der Waals surface area contributed by atoms with E-state index in [4.69, 9.17) is 11.6 Å². The van der Waals surface area contributed by atoms with Crippen molar-refractivity contribution in [1.29, 1.82) is 0 Å². The first-order chi connectivity index (χ1) is 10.7. The van der Waals surface area contributed by atoms with E-state index >= 15 is 0 Å². The van der Waals surface area contributed by atoms with Crippen LogP contribution in [0, 0.1) is 6.92 Å². The van der Waals surface area contributed by atoms with Crippen LogP contribution in [-0.2, 0) is 13.1 Å². The maximum atomic E-state index is 5.83. The van der Waals surface area contributed by atoms with Crippen molar-refractivity contribution in [3.8, 4) is 0 Å². The van der Waals surface area contributed by atoms with Gasteiger partial charge < -0.3 is 0 Å². The lowest BCUT2D eigenvalue weighted by Crippen LogP contribution is -2.45. The number of benzene rings is 1. The molecule has 3 nitrogen and oxygen atoms in total. The maximum absolute atomic E-state index is 5.83. The Morgan fingerprint density at radius 1 is 0.955 bits per heavy atom. The minimum Gasteiger partial charge on any atom is -0.297 e. The van der Waals surface area contributed by atoms with E-state index in [1.54, 1.807) is 0 Å². The largest absolute Gasteiger partial charge is 0.297 e. The van der Waals surface area contributed by atoms with E-state index in [1.807, 2.05) is 12.3 Å². The van der Waals surface area contributed by atoms with Gasteiger partial charge in [-0.1, -0.05) is 41.9 Å². The number of rotatable bonds is 4. The molecular weight excluding hydrogens is 294 g/mol. The molecule has 4 heteroatoms. The third kappa shape index (κ3) is 4.07. The van der Waals surface area contributed by atoms with E-state index in [9.17, 15) is 0 Å². The molecule has 22 heavy (non-hydrogen) atoms. The Morgan fingerprint density at radius 3 is 2.27 bits per heavy atom. The molecule has 0 amide bonds. The van der Waals surface area contributed by atoms with Crippen molar-refractivity contribution in [2.24, 2.45) is 0 Å². The van der Waals surface area contributed by atoms with Gasteiger partial charge in [0.25, 0.3) is 0 Å². The van der Waals surface area contributed by atoms with Gasteiger partial charge in [-0.05, 0) is 29.7 Å². The first-order valence-electron chi connectivity index (χ1n) is 7.80. The highest BCUT2D eigenvalue weighted by molar-refractivity contribution is 6.29. The zero-order chi connectivity index (χ0) is 15.4. The van der Waals surface area contributed by atoms with Crippen molar-refractivity contribution in [3.05, 3.63) is 64.4 Å². The van der Waals surface area contributed by atoms with Crippen LogP contribution in [0.2, 0.25) is 5.15 Å². The number of pyridine rings is 1. The number of hydrogen-bond donors (Lipinski definition) is 0. The second-order valence-electron chi connectivity index (χ2n) is 5.97. The van der Waals surface area contributed by atoms with Gasteiger partial charge in [0.15, 0.2) is 0 Å². The Balaban J connectivity index is 1.50. The fourth-order valence-corrected chi connectivity index (χ4v) is 3.00. The third-order valence-corrected chi connectivity index (χ3v) is 4.54. The minimum atomic E-state index is 0.562. The molecule has 2 aromatic rings. The molecule has 3 rings (SSSR count). The maximum Gasteiger partial charge on any atom is 0.129 e. The average molecular weight is 316 g/mol. The number of piperazine rings is 1. The van der Waals surface area contributed by atoms with Crippen LogP contribution in [0.15, 0.2) is 42.6 Å². The number of nitrogens with zero attached hydrogens (tertiary/aromatic N) is 3. The summed E-state index contributed by atoms with van der Waals surface area (Å²) >= 11 is 5.83. The van der Waals surface area contributed by atoms with Gasteiger partial charge in [0.1, 0.15) is 5.15 Å². The Morgan fingerprint density at radius 2 is 1.64 bits per heavy atom. The fourth-order valence-electron chi connectivity index (χ4n) is 2.89. The molecular formula is C18H22ClN3. The minimum absolute atomic E-state index is 0.562. The zero-order valence-corrected chi connectivity index (χ0v) is 13.8. The molecule has 1 aromatic heterocycles. The van der Waals surface area contributed by atoms with Crippen molar-refractivity contribution in [2.75, 3.05) is 26.2 Å². The van der Waals surface area contributed by atoms with Gasteiger partial charge in [-0.25, -0.2) is 4.98 Å². The predicted octanol–water partition coefficient (Wildman–Crippen LogP) is 3.36. The standard InChI is InChI=1S/C18H22ClN3/c1-15-4-2-3-5-17(15)14-22-10-8-21(9-11-22)13-16-6-7-18(19)20-12-16/h2-7,12H,8-11,13-14H2,1H3. The highest BCUT2D eigenvalue weighted by Crippen LogP contribution is 2.14. The summed E-state index contributed by atoms with van der Waals surface area (Å²) in [4.78, 5) is 9.18. The van der Waals surface area contributed by atoms with E-state index in [2.05, 4.69) is 52.0 Å². The molecule has 0 bridgehead atoms. The molecule has 1 aliphatic rings. The quantitative estimate of drug-likeness (QED) is 0.807. The lowest BCUT2D eigenvalue weighted by atomic mass is 10.1. The van der Waals surface area contributed by atoms with Crippen LogP contribution in [0.3, 0.4) is 0 Å². The summed E-state index contributed by atoms with van der Waals surface area (Å²) in [7, 11) is 0. The predicted molar refractivity (Wildman–Crippen MR) is 91.0 cm³/mol. The van der Waals surface area contributed by atoms with E-state index in [1.165, 1.54) is 16.7 Å². The zero-order valence-electron chi connectivity index (χ0n) is 13.0. The second-order valence-corrected chi connectivity index (χ2v) is 6.36. The Hall–Kier alpha value is -1.42. The average Bonchev–Trinajstić information content (AvgIpc) is 2.54. The molecule has 0 unspecified atom stereocenters. The summed E-state index contributed by atoms with van der Waals surface area (Å²) in [5.41, 5.74) is 4.06. The fraction of sp³-hybridized carbons (Fsp3) is 0.389. The molecule has 2 heterocycles.